The molecule has 130 valence electrons. The summed E-state index contributed by atoms with van der Waals surface area (Å²) in [7, 11) is 1.52. The molecule has 0 aromatic carbocycles. The highest BCUT2D eigenvalue weighted by molar-refractivity contribution is 7.78. The van der Waals surface area contributed by atoms with Gasteiger partial charge in [0.25, 0.3) is 0 Å². The Hall–Kier alpha value is -2.00. The van der Waals surface area contributed by atoms with E-state index in [0.29, 0.717) is 28.4 Å². The zero-order chi connectivity index (χ0) is 18.0. The van der Waals surface area contributed by atoms with Crippen LogP contribution in [-0.2, 0) is 16.8 Å². The molecule has 1 N–H and O–H groups in total. The van der Waals surface area contributed by atoms with Crippen molar-refractivity contribution in [2.75, 3.05) is 7.11 Å². The summed E-state index contributed by atoms with van der Waals surface area (Å²) in [5.74, 6) is 1.02. The molecule has 0 aliphatic heterocycles. The van der Waals surface area contributed by atoms with E-state index >= 15 is 0 Å². The predicted octanol–water partition coefficient (Wildman–Crippen LogP) is 3.37. The molecule has 10 heteroatoms. The van der Waals surface area contributed by atoms with Crippen LogP contribution in [0, 0.1) is 0 Å². The van der Waals surface area contributed by atoms with Gasteiger partial charge in [0.1, 0.15) is 23.0 Å². The van der Waals surface area contributed by atoms with Crippen LogP contribution in [0.5, 0.6) is 5.75 Å². The van der Waals surface area contributed by atoms with Crippen LogP contribution < -0.4 is 4.74 Å². The maximum absolute atomic E-state index is 10.9. The molecule has 7 nitrogen and oxygen atoms in total. The third-order valence-corrected chi connectivity index (χ3v) is 4.54. The third kappa shape index (κ3) is 3.67. The van der Waals surface area contributed by atoms with Crippen LogP contribution in [0.1, 0.15) is 5.56 Å². The van der Waals surface area contributed by atoms with E-state index in [2.05, 4.69) is 15.0 Å². The highest BCUT2D eigenvalue weighted by Gasteiger charge is 2.21. The summed E-state index contributed by atoms with van der Waals surface area (Å²) in [6.07, 6.45) is 4.55. The molecule has 3 heterocycles. The first-order valence-electron chi connectivity index (χ1n) is 6.95. The van der Waals surface area contributed by atoms with Crippen LogP contribution in [0.25, 0.3) is 17.1 Å². The van der Waals surface area contributed by atoms with E-state index < -0.39 is 11.1 Å². The molecule has 3 aromatic heterocycles. The highest BCUT2D eigenvalue weighted by atomic mass is 35.5. The molecule has 25 heavy (non-hydrogen) atoms. The van der Waals surface area contributed by atoms with Gasteiger partial charge in [0.15, 0.2) is 16.2 Å². The Morgan fingerprint density at radius 3 is 2.64 bits per heavy atom. The Bertz CT molecular complexity index is 931. The van der Waals surface area contributed by atoms with E-state index in [1.54, 1.807) is 22.8 Å². The monoisotopic (exact) mass is 398 g/mol. The SMILES string of the molecule is COc1ccnc(Cl)c1-c1c(Cl)ncn1-c1ccc(CS(=O)O)cn1. The lowest BCUT2D eigenvalue weighted by atomic mass is 10.2. The van der Waals surface area contributed by atoms with Crippen LogP contribution in [0.2, 0.25) is 10.3 Å². The summed E-state index contributed by atoms with van der Waals surface area (Å²) in [4.78, 5) is 12.5. The first-order chi connectivity index (χ1) is 12.0. The average Bonchev–Trinajstić information content (AvgIpc) is 2.96. The molecular formula is C15H12Cl2N4O3S. The van der Waals surface area contributed by atoms with Crippen LogP contribution >= 0.6 is 23.2 Å². The van der Waals surface area contributed by atoms with E-state index in [9.17, 15) is 4.21 Å². The second kappa shape index (κ2) is 7.49. The largest absolute Gasteiger partial charge is 0.496 e. The molecule has 3 rings (SSSR count). The Morgan fingerprint density at radius 2 is 2.00 bits per heavy atom. The Balaban J connectivity index is 2.11. The maximum atomic E-state index is 10.9. The van der Waals surface area contributed by atoms with Gasteiger partial charge < -0.3 is 9.29 Å². The minimum Gasteiger partial charge on any atom is -0.496 e. The minimum atomic E-state index is -1.93. The summed E-state index contributed by atoms with van der Waals surface area (Å²) in [5, 5.41) is 0.436. The highest BCUT2D eigenvalue weighted by Crippen LogP contribution is 2.39. The molecule has 0 radical (unpaired) electrons. The van der Waals surface area contributed by atoms with Gasteiger partial charge in [0, 0.05) is 12.4 Å². The summed E-state index contributed by atoms with van der Waals surface area (Å²) in [6, 6.07) is 5.07. The third-order valence-electron chi connectivity index (χ3n) is 3.39. The quantitative estimate of drug-likeness (QED) is 0.523. The molecule has 0 saturated heterocycles. The van der Waals surface area contributed by atoms with Gasteiger partial charge in [0.2, 0.25) is 0 Å². The van der Waals surface area contributed by atoms with Gasteiger partial charge in [-0.1, -0.05) is 29.3 Å². The Labute approximate surface area is 155 Å². The number of halogens is 2. The number of aromatic nitrogens is 4. The molecule has 0 amide bonds. The molecule has 1 atom stereocenters. The van der Waals surface area contributed by atoms with Gasteiger partial charge in [-0.2, -0.15) is 0 Å². The van der Waals surface area contributed by atoms with Crippen molar-refractivity contribution >= 4 is 34.3 Å². The van der Waals surface area contributed by atoms with Crippen LogP contribution in [0.4, 0.5) is 0 Å². The number of nitrogens with zero attached hydrogens (tertiary/aromatic N) is 4. The molecule has 0 spiro atoms. The fourth-order valence-corrected chi connectivity index (χ4v) is 3.24. The zero-order valence-electron chi connectivity index (χ0n) is 12.9. The summed E-state index contributed by atoms with van der Waals surface area (Å²) >= 11 is 10.6. The second-order valence-electron chi connectivity index (χ2n) is 4.92. The van der Waals surface area contributed by atoms with Crippen molar-refractivity contribution in [3.63, 3.8) is 0 Å². The number of ether oxygens (including phenoxy) is 1. The summed E-state index contributed by atoms with van der Waals surface area (Å²) in [6.45, 7) is 0. The van der Waals surface area contributed by atoms with E-state index in [1.165, 1.54) is 25.8 Å². The average molecular weight is 399 g/mol. The standard InChI is InChI=1S/C15H12Cl2N4O3S/c1-24-10-4-5-18-14(16)12(10)13-15(17)20-8-21(13)11-3-2-9(6-19-11)7-25(22)23/h2-6,8H,7H2,1H3,(H,22,23). The van der Waals surface area contributed by atoms with E-state index in [-0.39, 0.29) is 16.1 Å². The van der Waals surface area contributed by atoms with Crippen LogP contribution in [0.3, 0.4) is 0 Å². The number of rotatable bonds is 5. The maximum Gasteiger partial charge on any atom is 0.157 e. The lowest BCUT2D eigenvalue weighted by molar-refractivity contribution is 0.415. The van der Waals surface area contributed by atoms with Crippen molar-refractivity contribution < 1.29 is 13.5 Å². The number of imidazole rings is 1. The van der Waals surface area contributed by atoms with Gasteiger partial charge >= 0.3 is 0 Å². The lowest BCUT2D eigenvalue weighted by Gasteiger charge is -2.12. The van der Waals surface area contributed by atoms with E-state index in [4.69, 9.17) is 32.5 Å². The molecule has 0 aliphatic carbocycles. The number of hydrogen-bond donors (Lipinski definition) is 1. The van der Waals surface area contributed by atoms with Crippen molar-refractivity contribution in [2.45, 2.75) is 5.75 Å². The van der Waals surface area contributed by atoms with Gasteiger partial charge in [-0.25, -0.2) is 19.2 Å². The molecular weight excluding hydrogens is 387 g/mol. The number of hydrogen-bond acceptors (Lipinski definition) is 5. The second-order valence-corrected chi connectivity index (χ2v) is 6.57. The van der Waals surface area contributed by atoms with Crippen molar-refractivity contribution in [1.82, 2.24) is 19.5 Å². The van der Waals surface area contributed by atoms with Crippen LogP contribution in [-0.4, -0.2) is 35.4 Å². The number of methoxy groups -OCH3 is 1. The molecule has 0 saturated carbocycles. The summed E-state index contributed by atoms with van der Waals surface area (Å²) in [5.41, 5.74) is 1.62. The Morgan fingerprint density at radius 1 is 1.20 bits per heavy atom. The van der Waals surface area contributed by atoms with Crippen molar-refractivity contribution in [3.05, 3.63) is 52.8 Å². The molecule has 0 fully saturated rings. The molecule has 0 aliphatic rings. The normalized spacial score (nSPS) is 12.2. The van der Waals surface area contributed by atoms with Crippen molar-refractivity contribution in [2.24, 2.45) is 0 Å². The topological polar surface area (TPSA) is 90.1 Å². The van der Waals surface area contributed by atoms with Crippen molar-refractivity contribution in [1.29, 1.82) is 0 Å². The van der Waals surface area contributed by atoms with Gasteiger partial charge in [-0.3, -0.25) is 4.57 Å². The number of pyridine rings is 2. The zero-order valence-corrected chi connectivity index (χ0v) is 15.2. The van der Waals surface area contributed by atoms with Crippen LogP contribution in [0.15, 0.2) is 36.9 Å². The Kier molecular flexibility index (Phi) is 5.33. The fraction of sp³-hybridized carbons (Fsp3) is 0.133. The van der Waals surface area contributed by atoms with Gasteiger partial charge in [0.05, 0.1) is 24.1 Å². The first kappa shape index (κ1) is 17.8. The fourth-order valence-electron chi connectivity index (χ4n) is 2.32. The van der Waals surface area contributed by atoms with Crippen molar-refractivity contribution in [3.8, 4) is 22.8 Å². The molecule has 3 aromatic rings. The van der Waals surface area contributed by atoms with Gasteiger partial charge in [-0.05, 0) is 17.7 Å². The molecule has 1 unspecified atom stereocenters. The van der Waals surface area contributed by atoms with E-state index in [1.807, 2.05) is 0 Å². The first-order valence-corrected chi connectivity index (χ1v) is 8.99. The lowest BCUT2D eigenvalue weighted by Crippen LogP contribution is -2.02. The summed E-state index contributed by atoms with van der Waals surface area (Å²) < 4.78 is 26.8. The predicted molar refractivity (Wildman–Crippen MR) is 95.6 cm³/mol. The minimum absolute atomic E-state index is 0.00702. The molecule has 0 bridgehead atoms. The smallest absolute Gasteiger partial charge is 0.157 e. The van der Waals surface area contributed by atoms with Gasteiger partial charge in [-0.15, -0.1) is 0 Å². The van der Waals surface area contributed by atoms with E-state index in [0.717, 1.165) is 0 Å².